The number of hydrogen-bond acceptors (Lipinski definition) is 5. The van der Waals surface area contributed by atoms with Gasteiger partial charge in [-0.15, -0.1) is 5.11 Å². The van der Waals surface area contributed by atoms with Crippen molar-refractivity contribution in [1.82, 2.24) is 4.57 Å². The number of para-hydroxylation sites is 1. The van der Waals surface area contributed by atoms with Crippen LogP contribution in [0, 0.1) is 10.1 Å². The number of ether oxygens (including phenoxy) is 1. The topological polar surface area (TPSA) is 82.0 Å². The van der Waals surface area contributed by atoms with E-state index in [9.17, 15) is 10.1 Å². The van der Waals surface area contributed by atoms with Gasteiger partial charge in [0.25, 0.3) is 5.69 Å². The largest absolute Gasteiger partial charge is 0.491 e. The van der Waals surface area contributed by atoms with Crippen LogP contribution >= 0.6 is 0 Å². The molecule has 158 valence electrons. The summed E-state index contributed by atoms with van der Waals surface area (Å²) in [6, 6.07) is 18.4. The summed E-state index contributed by atoms with van der Waals surface area (Å²) in [5.74, 6) is 0.681. The van der Waals surface area contributed by atoms with Crippen molar-refractivity contribution < 1.29 is 9.66 Å². The molecule has 0 aliphatic carbocycles. The van der Waals surface area contributed by atoms with Crippen molar-refractivity contribution in [2.24, 2.45) is 10.2 Å². The van der Waals surface area contributed by atoms with E-state index in [0.29, 0.717) is 23.7 Å². The molecular formula is C24H24N4O3. The van der Waals surface area contributed by atoms with E-state index in [2.05, 4.69) is 46.8 Å². The first-order valence-corrected chi connectivity index (χ1v) is 10.5. The minimum Gasteiger partial charge on any atom is -0.491 e. The minimum absolute atomic E-state index is 0.0241. The molecule has 0 atom stereocenters. The molecule has 1 heterocycles. The second-order valence-electron chi connectivity index (χ2n) is 7.33. The lowest BCUT2D eigenvalue weighted by Gasteiger charge is -2.10. The van der Waals surface area contributed by atoms with Crippen LogP contribution in [-0.2, 0) is 6.54 Å². The van der Waals surface area contributed by atoms with Gasteiger partial charge in [-0.1, -0.05) is 32.0 Å². The van der Waals surface area contributed by atoms with Gasteiger partial charge in [-0.25, -0.2) is 0 Å². The van der Waals surface area contributed by atoms with Gasteiger partial charge < -0.3 is 9.30 Å². The molecule has 0 amide bonds. The quantitative estimate of drug-likeness (QED) is 0.171. The van der Waals surface area contributed by atoms with Crippen LogP contribution in [0.15, 0.2) is 70.9 Å². The number of nitro benzene ring substituents is 1. The zero-order valence-corrected chi connectivity index (χ0v) is 17.6. The van der Waals surface area contributed by atoms with E-state index < -0.39 is 4.92 Å². The van der Waals surface area contributed by atoms with Gasteiger partial charge in [-0.2, -0.15) is 5.11 Å². The monoisotopic (exact) mass is 416 g/mol. The summed E-state index contributed by atoms with van der Waals surface area (Å²) < 4.78 is 8.33. The number of fused-ring (bicyclic) bond motifs is 3. The highest BCUT2D eigenvalue weighted by atomic mass is 16.6. The van der Waals surface area contributed by atoms with Crippen molar-refractivity contribution >= 4 is 38.9 Å². The maximum absolute atomic E-state index is 10.8. The predicted octanol–water partition coefficient (Wildman–Crippen LogP) is 7.32. The van der Waals surface area contributed by atoms with Crippen LogP contribution in [-0.4, -0.2) is 16.1 Å². The molecule has 0 unspecified atom stereocenters. The highest BCUT2D eigenvalue weighted by Crippen LogP contribution is 2.39. The number of benzene rings is 3. The zero-order chi connectivity index (χ0) is 21.8. The van der Waals surface area contributed by atoms with E-state index in [0.717, 1.165) is 30.3 Å². The third kappa shape index (κ3) is 4.12. The number of hydrogen-bond donors (Lipinski definition) is 0. The first-order chi connectivity index (χ1) is 15.1. The summed E-state index contributed by atoms with van der Waals surface area (Å²) >= 11 is 0. The number of rotatable bonds is 8. The molecule has 0 saturated heterocycles. The van der Waals surface area contributed by atoms with Gasteiger partial charge >= 0.3 is 0 Å². The smallest absolute Gasteiger partial charge is 0.269 e. The third-order valence-corrected chi connectivity index (χ3v) is 5.10. The molecule has 31 heavy (non-hydrogen) atoms. The van der Waals surface area contributed by atoms with Crippen LogP contribution in [0.2, 0.25) is 0 Å². The molecule has 0 N–H and O–H groups in total. The van der Waals surface area contributed by atoms with E-state index in [1.54, 1.807) is 12.1 Å². The van der Waals surface area contributed by atoms with Crippen LogP contribution in [0.3, 0.4) is 0 Å². The van der Waals surface area contributed by atoms with E-state index >= 15 is 0 Å². The van der Waals surface area contributed by atoms with Crippen molar-refractivity contribution in [1.29, 1.82) is 0 Å². The molecule has 7 nitrogen and oxygen atoms in total. The Labute approximate surface area is 180 Å². The highest BCUT2D eigenvalue weighted by molar-refractivity contribution is 6.09. The van der Waals surface area contributed by atoms with Crippen LogP contribution in [0.5, 0.6) is 5.75 Å². The molecule has 0 aliphatic heterocycles. The third-order valence-electron chi connectivity index (χ3n) is 5.10. The maximum atomic E-state index is 10.8. The van der Waals surface area contributed by atoms with Crippen molar-refractivity contribution in [2.75, 3.05) is 6.61 Å². The van der Waals surface area contributed by atoms with Crippen LogP contribution in [0.1, 0.15) is 26.7 Å². The Morgan fingerprint density at radius 2 is 1.71 bits per heavy atom. The fourth-order valence-electron chi connectivity index (χ4n) is 3.69. The summed E-state index contributed by atoms with van der Waals surface area (Å²) in [7, 11) is 0. The van der Waals surface area contributed by atoms with Crippen LogP contribution in [0.4, 0.5) is 17.1 Å². The molecule has 0 spiro atoms. The van der Waals surface area contributed by atoms with Crippen LogP contribution in [0.25, 0.3) is 21.8 Å². The number of aryl methyl sites for hydroxylation is 1. The molecule has 3 aromatic carbocycles. The Bertz CT molecular complexity index is 1260. The number of nitro groups is 1. The fourth-order valence-corrected chi connectivity index (χ4v) is 3.69. The molecular weight excluding hydrogens is 392 g/mol. The molecule has 0 aliphatic rings. The Balaban J connectivity index is 1.82. The second kappa shape index (κ2) is 8.95. The van der Waals surface area contributed by atoms with E-state index in [1.165, 1.54) is 23.0 Å². The summed E-state index contributed by atoms with van der Waals surface area (Å²) in [6.07, 6.45) is 1.91. The summed E-state index contributed by atoms with van der Waals surface area (Å²) in [4.78, 5) is 10.4. The fraction of sp³-hybridized carbons (Fsp3) is 0.250. The molecule has 0 bridgehead atoms. The molecule has 7 heteroatoms. The first-order valence-electron chi connectivity index (χ1n) is 10.5. The lowest BCUT2D eigenvalue weighted by Crippen LogP contribution is -1.98. The standard InChI is InChI=1S/C24H24N4O3/c1-3-13-27-22-8-6-5-7-19(22)20-15-21(24(16-23(20)27)31-14-4-2)26-25-17-9-11-18(12-10-17)28(29)30/h5-12,15-16H,3-4,13-14H2,1-2H3. The summed E-state index contributed by atoms with van der Waals surface area (Å²) in [6.45, 7) is 5.73. The molecule has 0 fully saturated rings. The van der Waals surface area contributed by atoms with Gasteiger partial charge in [0.05, 0.1) is 22.7 Å². The lowest BCUT2D eigenvalue weighted by molar-refractivity contribution is -0.384. The van der Waals surface area contributed by atoms with Gasteiger partial charge in [0.2, 0.25) is 0 Å². The summed E-state index contributed by atoms with van der Waals surface area (Å²) in [5, 5.41) is 21.8. The lowest BCUT2D eigenvalue weighted by atomic mass is 10.1. The highest BCUT2D eigenvalue weighted by Gasteiger charge is 2.15. The van der Waals surface area contributed by atoms with E-state index in [1.807, 2.05) is 18.2 Å². The van der Waals surface area contributed by atoms with Gasteiger partial charge in [0, 0.05) is 41.0 Å². The first kappa shape index (κ1) is 20.5. The predicted molar refractivity (Wildman–Crippen MR) is 123 cm³/mol. The van der Waals surface area contributed by atoms with Crippen molar-refractivity contribution in [3.8, 4) is 5.75 Å². The average Bonchev–Trinajstić information content (AvgIpc) is 3.09. The minimum atomic E-state index is -0.433. The van der Waals surface area contributed by atoms with E-state index in [-0.39, 0.29) is 5.69 Å². The van der Waals surface area contributed by atoms with Crippen molar-refractivity contribution in [2.45, 2.75) is 33.2 Å². The van der Waals surface area contributed by atoms with Gasteiger partial charge in [-0.05, 0) is 37.1 Å². The molecule has 1 aromatic heterocycles. The maximum Gasteiger partial charge on any atom is 0.269 e. The number of nitrogens with zero attached hydrogens (tertiary/aromatic N) is 4. The average molecular weight is 416 g/mol. The van der Waals surface area contributed by atoms with Gasteiger partial charge in [0.15, 0.2) is 0 Å². The normalized spacial score (nSPS) is 11.5. The Kier molecular flexibility index (Phi) is 5.93. The Morgan fingerprint density at radius 1 is 0.935 bits per heavy atom. The van der Waals surface area contributed by atoms with E-state index in [4.69, 9.17) is 4.74 Å². The summed E-state index contributed by atoms with van der Waals surface area (Å²) in [5.41, 5.74) is 3.50. The Hall–Kier alpha value is -3.74. The SMILES string of the molecule is CCCOc1cc2c(cc1N=Nc1ccc([N+](=O)[O-])cc1)c1ccccc1n2CCC. The molecule has 4 rings (SSSR count). The zero-order valence-electron chi connectivity index (χ0n) is 17.6. The van der Waals surface area contributed by atoms with Crippen molar-refractivity contribution in [3.05, 3.63) is 70.8 Å². The molecule has 0 radical (unpaired) electrons. The molecule has 4 aromatic rings. The number of aromatic nitrogens is 1. The van der Waals surface area contributed by atoms with Gasteiger partial charge in [-0.3, -0.25) is 10.1 Å². The second-order valence-corrected chi connectivity index (χ2v) is 7.33. The number of azo groups is 1. The Morgan fingerprint density at radius 3 is 2.42 bits per heavy atom. The van der Waals surface area contributed by atoms with Crippen LogP contribution < -0.4 is 4.74 Å². The molecule has 0 saturated carbocycles. The number of non-ortho nitro benzene ring substituents is 1. The van der Waals surface area contributed by atoms with Gasteiger partial charge in [0.1, 0.15) is 11.4 Å². The van der Waals surface area contributed by atoms with Crippen molar-refractivity contribution in [3.63, 3.8) is 0 Å².